The monoisotopic (exact) mass is 321 g/mol. The Morgan fingerprint density at radius 2 is 1.86 bits per heavy atom. The van der Waals surface area contributed by atoms with Gasteiger partial charge >= 0.3 is 5.97 Å². The molecule has 1 heterocycles. The van der Waals surface area contributed by atoms with E-state index in [9.17, 15) is 13.2 Å². The number of ether oxygens (including phenoxy) is 1. The lowest BCUT2D eigenvalue weighted by Gasteiger charge is -2.13. The van der Waals surface area contributed by atoms with Gasteiger partial charge in [0, 0.05) is 18.6 Å². The second-order valence-corrected chi connectivity index (χ2v) is 6.61. The molecule has 0 saturated carbocycles. The predicted molar refractivity (Wildman–Crippen MR) is 80.9 cm³/mol. The Bertz CT molecular complexity index is 804. The van der Waals surface area contributed by atoms with Crippen LogP contribution in [0.5, 0.6) is 0 Å². The van der Waals surface area contributed by atoms with Crippen molar-refractivity contribution in [3.05, 3.63) is 41.7 Å². The first-order chi connectivity index (χ1) is 10.3. The van der Waals surface area contributed by atoms with Crippen molar-refractivity contribution in [3.8, 4) is 0 Å². The molecule has 116 valence electrons. The maximum absolute atomic E-state index is 12.0. The van der Waals surface area contributed by atoms with Gasteiger partial charge in [0.1, 0.15) is 0 Å². The van der Waals surface area contributed by atoms with Crippen LogP contribution in [-0.4, -0.2) is 37.7 Å². The number of carbonyl (C=O) groups excluding carboxylic acids is 1. The molecule has 8 heteroatoms. The molecule has 0 aliphatic rings. The van der Waals surface area contributed by atoms with Crippen LogP contribution in [0.25, 0.3) is 0 Å². The molecular formula is C14H15N3O4S. The molecule has 2 aromatic rings. The second-order valence-electron chi connectivity index (χ2n) is 4.62. The Hall–Kier alpha value is -2.48. The Balaban J connectivity index is 2.58. The maximum atomic E-state index is 12.0. The van der Waals surface area contributed by atoms with Crippen molar-refractivity contribution in [2.45, 2.75) is 11.8 Å². The van der Waals surface area contributed by atoms with Crippen molar-refractivity contribution in [3.63, 3.8) is 0 Å². The number of benzene rings is 1. The number of rotatable bonds is 4. The number of anilines is 2. The van der Waals surface area contributed by atoms with E-state index in [1.165, 1.54) is 25.6 Å². The number of hydrogen-bond donors (Lipinski definition) is 1. The fourth-order valence-electron chi connectivity index (χ4n) is 1.91. The van der Waals surface area contributed by atoms with Gasteiger partial charge in [-0.1, -0.05) is 0 Å². The van der Waals surface area contributed by atoms with Crippen LogP contribution in [0.3, 0.4) is 0 Å². The zero-order valence-electron chi connectivity index (χ0n) is 12.3. The Labute approximate surface area is 128 Å². The zero-order chi connectivity index (χ0) is 16.3. The van der Waals surface area contributed by atoms with Gasteiger partial charge in [-0.25, -0.2) is 23.2 Å². The first kappa shape index (κ1) is 15.9. The second kappa shape index (κ2) is 6.10. The van der Waals surface area contributed by atoms with E-state index in [-0.39, 0.29) is 16.4 Å². The van der Waals surface area contributed by atoms with Crippen LogP contribution in [0.4, 0.5) is 11.6 Å². The summed E-state index contributed by atoms with van der Waals surface area (Å²) in [6, 6.07) is 4.50. The highest BCUT2D eigenvalue weighted by Gasteiger charge is 2.20. The number of aryl methyl sites for hydroxylation is 1. The lowest BCUT2D eigenvalue weighted by Crippen LogP contribution is -2.10. The summed E-state index contributed by atoms with van der Waals surface area (Å²) >= 11 is 0. The first-order valence-corrected chi connectivity index (χ1v) is 8.19. The third-order valence-electron chi connectivity index (χ3n) is 2.94. The highest BCUT2D eigenvalue weighted by Crippen LogP contribution is 2.27. The van der Waals surface area contributed by atoms with Crippen LogP contribution >= 0.6 is 0 Å². The Kier molecular flexibility index (Phi) is 4.41. The number of methoxy groups -OCH3 is 1. The standard InChI is InChI=1S/C14H15N3O4S/c1-9-7-11(17-14-15-5-4-6-16-14)12(22(3,19)20)8-10(9)13(18)21-2/h4-8H,1-3H3,(H,15,16,17). The summed E-state index contributed by atoms with van der Waals surface area (Å²) < 4.78 is 28.6. The number of aromatic nitrogens is 2. The Morgan fingerprint density at radius 1 is 1.23 bits per heavy atom. The third kappa shape index (κ3) is 3.40. The summed E-state index contributed by atoms with van der Waals surface area (Å²) in [7, 11) is -2.32. The molecule has 2 rings (SSSR count). The first-order valence-electron chi connectivity index (χ1n) is 6.30. The van der Waals surface area contributed by atoms with Crippen LogP contribution in [0.2, 0.25) is 0 Å². The largest absolute Gasteiger partial charge is 0.465 e. The maximum Gasteiger partial charge on any atom is 0.338 e. The van der Waals surface area contributed by atoms with Gasteiger partial charge in [0.2, 0.25) is 5.95 Å². The molecule has 0 aliphatic heterocycles. The summed E-state index contributed by atoms with van der Waals surface area (Å²) in [6.07, 6.45) is 4.13. The molecule has 0 saturated heterocycles. The minimum atomic E-state index is -3.56. The smallest absolute Gasteiger partial charge is 0.338 e. The molecule has 0 aliphatic carbocycles. The number of nitrogens with one attached hydrogen (secondary N) is 1. The van der Waals surface area contributed by atoms with Gasteiger partial charge in [-0.2, -0.15) is 0 Å². The average Bonchev–Trinajstić information content (AvgIpc) is 2.46. The lowest BCUT2D eigenvalue weighted by molar-refractivity contribution is 0.0599. The molecule has 0 fully saturated rings. The van der Waals surface area contributed by atoms with E-state index >= 15 is 0 Å². The van der Waals surface area contributed by atoms with E-state index in [2.05, 4.69) is 20.0 Å². The molecule has 7 nitrogen and oxygen atoms in total. The number of esters is 1. The predicted octanol–water partition coefficient (Wildman–Crippen LogP) is 1.72. The van der Waals surface area contributed by atoms with E-state index in [4.69, 9.17) is 0 Å². The molecule has 0 atom stereocenters. The molecule has 0 spiro atoms. The van der Waals surface area contributed by atoms with Crippen LogP contribution < -0.4 is 5.32 Å². The highest BCUT2D eigenvalue weighted by atomic mass is 32.2. The summed E-state index contributed by atoms with van der Waals surface area (Å²) in [4.78, 5) is 19.7. The van der Waals surface area contributed by atoms with Crippen molar-refractivity contribution in [2.24, 2.45) is 0 Å². The molecule has 0 amide bonds. The van der Waals surface area contributed by atoms with E-state index in [0.29, 0.717) is 11.3 Å². The van der Waals surface area contributed by atoms with Gasteiger partial charge in [-0.05, 0) is 30.7 Å². The normalized spacial score (nSPS) is 11.0. The van der Waals surface area contributed by atoms with Crippen molar-refractivity contribution >= 4 is 27.4 Å². The number of nitrogens with zero attached hydrogens (tertiary/aromatic N) is 2. The quantitative estimate of drug-likeness (QED) is 0.856. The molecule has 22 heavy (non-hydrogen) atoms. The lowest BCUT2D eigenvalue weighted by atomic mass is 10.1. The molecular weight excluding hydrogens is 306 g/mol. The fourth-order valence-corrected chi connectivity index (χ4v) is 2.75. The SMILES string of the molecule is COC(=O)c1cc(S(C)(=O)=O)c(Nc2ncccn2)cc1C. The molecule has 1 aromatic carbocycles. The van der Waals surface area contributed by atoms with E-state index < -0.39 is 15.8 Å². The molecule has 0 bridgehead atoms. The number of carbonyl (C=O) groups is 1. The van der Waals surface area contributed by atoms with Gasteiger partial charge in [-0.15, -0.1) is 0 Å². The van der Waals surface area contributed by atoms with Crippen molar-refractivity contribution in [1.82, 2.24) is 9.97 Å². The summed E-state index contributed by atoms with van der Waals surface area (Å²) in [5.41, 5.74) is 1.08. The Morgan fingerprint density at radius 3 is 2.41 bits per heavy atom. The topological polar surface area (TPSA) is 98.2 Å². The van der Waals surface area contributed by atoms with Gasteiger partial charge in [0.05, 0.1) is 23.3 Å². The number of hydrogen-bond acceptors (Lipinski definition) is 7. The van der Waals surface area contributed by atoms with Crippen molar-refractivity contribution in [1.29, 1.82) is 0 Å². The van der Waals surface area contributed by atoms with Crippen LogP contribution in [-0.2, 0) is 14.6 Å². The minimum absolute atomic E-state index is 0.0223. The zero-order valence-corrected chi connectivity index (χ0v) is 13.1. The molecule has 0 unspecified atom stereocenters. The molecule has 1 N–H and O–H groups in total. The fraction of sp³-hybridized carbons (Fsp3) is 0.214. The van der Waals surface area contributed by atoms with Crippen LogP contribution in [0.15, 0.2) is 35.5 Å². The van der Waals surface area contributed by atoms with E-state index in [0.717, 1.165) is 6.26 Å². The molecule has 1 aromatic heterocycles. The van der Waals surface area contributed by atoms with Crippen LogP contribution in [0.1, 0.15) is 15.9 Å². The van der Waals surface area contributed by atoms with Crippen LogP contribution in [0, 0.1) is 6.92 Å². The van der Waals surface area contributed by atoms with Crippen molar-refractivity contribution < 1.29 is 17.9 Å². The van der Waals surface area contributed by atoms with Gasteiger partial charge in [0.15, 0.2) is 9.84 Å². The van der Waals surface area contributed by atoms with Crippen molar-refractivity contribution in [2.75, 3.05) is 18.7 Å². The van der Waals surface area contributed by atoms with E-state index in [1.807, 2.05) is 0 Å². The van der Waals surface area contributed by atoms with E-state index in [1.54, 1.807) is 19.1 Å². The van der Waals surface area contributed by atoms with Gasteiger partial charge in [-0.3, -0.25) is 0 Å². The summed E-state index contributed by atoms with van der Waals surface area (Å²) in [5.74, 6) is -0.331. The van der Waals surface area contributed by atoms with Gasteiger partial charge in [0.25, 0.3) is 0 Å². The number of sulfone groups is 1. The molecule has 0 radical (unpaired) electrons. The van der Waals surface area contributed by atoms with Gasteiger partial charge < -0.3 is 10.1 Å². The summed E-state index contributed by atoms with van der Waals surface area (Å²) in [6.45, 7) is 1.69. The third-order valence-corrected chi connectivity index (χ3v) is 4.08. The highest BCUT2D eigenvalue weighted by molar-refractivity contribution is 7.90. The average molecular weight is 321 g/mol. The summed E-state index contributed by atoms with van der Waals surface area (Å²) in [5, 5.41) is 2.85. The minimum Gasteiger partial charge on any atom is -0.465 e.